The molecular formula is C13H17ClF3N. The van der Waals surface area contributed by atoms with E-state index in [1.54, 1.807) is 0 Å². The van der Waals surface area contributed by atoms with Gasteiger partial charge < -0.3 is 5.32 Å². The van der Waals surface area contributed by atoms with Crippen LogP contribution < -0.4 is 5.32 Å². The van der Waals surface area contributed by atoms with Gasteiger partial charge in [0.05, 0.1) is 16.3 Å². The predicted molar refractivity (Wildman–Crippen MR) is 69.0 cm³/mol. The van der Waals surface area contributed by atoms with Crippen LogP contribution in [-0.4, -0.2) is 6.04 Å². The first-order valence-electron chi connectivity index (χ1n) is 5.83. The van der Waals surface area contributed by atoms with Crippen molar-refractivity contribution in [3.05, 3.63) is 28.8 Å². The van der Waals surface area contributed by atoms with Gasteiger partial charge in [-0.05, 0) is 37.5 Å². The van der Waals surface area contributed by atoms with Crippen molar-refractivity contribution in [3.8, 4) is 0 Å². The maximum Gasteiger partial charge on any atom is 0.416 e. The number of nitrogens with one attached hydrogen (secondary N) is 1. The van der Waals surface area contributed by atoms with Gasteiger partial charge in [-0.2, -0.15) is 13.2 Å². The predicted octanol–water partition coefficient (Wildman–Crippen LogP) is 5.21. The lowest BCUT2D eigenvalue weighted by Gasteiger charge is -2.19. The first-order valence-corrected chi connectivity index (χ1v) is 6.21. The first kappa shape index (κ1) is 15.2. The molecule has 0 saturated heterocycles. The minimum Gasteiger partial charge on any atom is -0.381 e. The molecule has 0 fully saturated rings. The highest BCUT2D eigenvalue weighted by Gasteiger charge is 2.31. The van der Waals surface area contributed by atoms with Crippen LogP contribution in [0.3, 0.4) is 0 Å². The van der Waals surface area contributed by atoms with Crippen molar-refractivity contribution in [1.29, 1.82) is 0 Å². The second-order valence-corrected chi connectivity index (χ2v) is 5.27. The molecule has 0 radical (unpaired) electrons. The summed E-state index contributed by atoms with van der Waals surface area (Å²) in [5, 5.41) is 3.33. The standard InChI is InChI=1S/C13H17ClF3N/c1-8(2)6-9(3)18-12-7-10(13(15,16)17)4-5-11(12)14/h4-5,7-9,18H,6H2,1-3H3. The van der Waals surface area contributed by atoms with E-state index < -0.39 is 11.7 Å². The van der Waals surface area contributed by atoms with Crippen molar-refractivity contribution < 1.29 is 13.2 Å². The monoisotopic (exact) mass is 279 g/mol. The van der Waals surface area contributed by atoms with Gasteiger partial charge in [-0.25, -0.2) is 0 Å². The largest absolute Gasteiger partial charge is 0.416 e. The third kappa shape index (κ3) is 4.41. The highest BCUT2D eigenvalue weighted by Crippen LogP contribution is 2.34. The van der Waals surface area contributed by atoms with E-state index in [0.29, 0.717) is 16.6 Å². The van der Waals surface area contributed by atoms with Crippen molar-refractivity contribution >= 4 is 17.3 Å². The molecule has 0 aliphatic heterocycles. The van der Waals surface area contributed by atoms with Crippen molar-refractivity contribution in [1.82, 2.24) is 0 Å². The molecule has 102 valence electrons. The van der Waals surface area contributed by atoms with Crippen LogP contribution in [0.25, 0.3) is 0 Å². The number of rotatable bonds is 4. The van der Waals surface area contributed by atoms with E-state index in [1.807, 2.05) is 6.92 Å². The van der Waals surface area contributed by atoms with Crippen LogP contribution in [0.4, 0.5) is 18.9 Å². The summed E-state index contributed by atoms with van der Waals surface area (Å²) in [6.45, 7) is 6.05. The minimum atomic E-state index is -4.34. The fourth-order valence-electron chi connectivity index (χ4n) is 1.84. The second kappa shape index (κ2) is 5.83. The maximum absolute atomic E-state index is 12.6. The van der Waals surface area contributed by atoms with E-state index in [9.17, 15) is 13.2 Å². The molecule has 18 heavy (non-hydrogen) atoms. The number of hydrogen-bond acceptors (Lipinski definition) is 1. The SMILES string of the molecule is CC(C)CC(C)Nc1cc(C(F)(F)F)ccc1Cl. The zero-order chi connectivity index (χ0) is 13.9. The smallest absolute Gasteiger partial charge is 0.381 e. The van der Waals surface area contributed by atoms with Gasteiger partial charge in [-0.15, -0.1) is 0 Å². The lowest BCUT2D eigenvalue weighted by Crippen LogP contribution is -2.18. The Balaban J connectivity index is 2.88. The van der Waals surface area contributed by atoms with Crippen molar-refractivity contribution in [2.45, 2.75) is 39.4 Å². The molecule has 5 heteroatoms. The van der Waals surface area contributed by atoms with Gasteiger partial charge in [0.15, 0.2) is 0 Å². The average molecular weight is 280 g/mol. The Hall–Kier alpha value is -0.900. The first-order chi connectivity index (χ1) is 8.20. The summed E-state index contributed by atoms with van der Waals surface area (Å²) in [6.07, 6.45) is -3.48. The Labute approximate surface area is 110 Å². The van der Waals surface area contributed by atoms with Crippen molar-refractivity contribution in [2.24, 2.45) is 5.92 Å². The summed E-state index contributed by atoms with van der Waals surface area (Å²) >= 11 is 5.90. The Morgan fingerprint density at radius 2 is 1.83 bits per heavy atom. The molecule has 1 aromatic carbocycles. The number of halogens is 4. The molecular weight excluding hydrogens is 263 g/mol. The number of hydrogen-bond donors (Lipinski definition) is 1. The van der Waals surface area contributed by atoms with Crippen LogP contribution in [0, 0.1) is 5.92 Å². The molecule has 0 aliphatic rings. The molecule has 0 heterocycles. The molecule has 1 rings (SSSR count). The summed E-state index contributed by atoms with van der Waals surface area (Å²) in [7, 11) is 0. The van der Waals surface area contributed by atoms with E-state index in [2.05, 4.69) is 19.2 Å². The summed E-state index contributed by atoms with van der Waals surface area (Å²) in [6, 6.07) is 3.39. The Kier molecular flexibility index (Phi) is 4.91. The maximum atomic E-state index is 12.6. The molecule has 0 aliphatic carbocycles. The molecule has 0 bridgehead atoms. The van der Waals surface area contributed by atoms with Crippen LogP contribution >= 0.6 is 11.6 Å². The number of benzene rings is 1. The summed E-state index contributed by atoms with van der Waals surface area (Å²) in [5.74, 6) is 0.470. The van der Waals surface area contributed by atoms with Gasteiger partial charge in [0.25, 0.3) is 0 Å². The van der Waals surface area contributed by atoms with E-state index in [4.69, 9.17) is 11.6 Å². The normalized spacial score (nSPS) is 13.8. The van der Waals surface area contributed by atoms with Crippen molar-refractivity contribution in [2.75, 3.05) is 5.32 Å². The summed E-state index contributed by atoms with van der Waals surface area (Å²) in [5.41, 5.74) is -0.356. The molecule has 0 aromatic heterocycles. The van der Waals surface area contributed by atoms with Gasteiger partial charge >= 0.3 is 6.18 Å². The molecule has 1 aromatic rings. The van der Waals surface area contributed by atoms with Gasteiger partial charge in [-0.3, -0.25) is 0 Å². The highest BCUT2D eigenvalue weighted by atomic mass is 35.5. The van der Waals surface area contributed by atoms with Crippen molar-refractivity contribution in [3.63, 3.8) is 0 Å². The summed E-state index contributed by atoms with van der Waals surface area (Å²) < 4.78 is 37.7. The zero-order valence-corrected chi connectivity index (χ0v) is 11.4. The Morgan fingerprint density at radius 3 is 2.33 bits per heavy atom. The van der Waals surface area contributed by atoms with Gasteiger partial charge in [0.1, 0.15) is 0 Å². The van der Waals surface area contributed by atoms with E-state index >= 15 is 0 Å². The summed E-state index contributed by atoms with van der Waals surface area (Å²) in [4.78, 5) is 0. The number of alkyl halides is 3. The van der Waals surface area contributed by atoms with Crippen LogP contribution in [0.5, 0.6) is 0 Å². The zero-order valence-electron chi connectivity index (χ0n) is 10.6. The average Bonchev–Trinajstić information content (AvgIpc) is 2.18. The van der Waals surface area contributed by atoms with Crippen LogP contribution in [-0.2, 0) is 6.18 Å². The second-order valence-electron chi connectivity index (χ2n) is 4.87. The minimum absolute atomic E-state index is 0.0750. The molecule has 1 nitrogen and oxygen atoms in total. The van der Waals surface area contributed by atoms with Crippen LogP contribution in [0.1, 0.15) is 32.8 Å². The quantitative estimate of drug-likeness (QED) is 0.798. The van der Waals surface area contributed by atoms with E-state index in [-0.39, 0.29) is 6.04 Å². The lowest BCUT2D eigenvalue weighted by molar-refractivity contribution is -0.137. The fraction of sp³-hybridized carbons (Fsp3) is 0.538. The third-order valence-corrected chi connectivity index (χ3v) is 2.85. The van der Waals surface area contributed by atoms with Crippen LogP contribution in [0.2, 0.25) is 5.02 Å². The Morgan fingerprint density at radius 1 is 1.22 bits per heavy atom. The fourth-order valence-corrected chi connectivity index (χ4v) is 2.02. The topological polar surface area (TPSA) is 12.0 Å². The number of anilines is 1. The molecule has 0 amide bonds. The highest BCUT2D eigenvalue weighted by molar-refractivity contribution is 6.33. The van der Waals surface area contributed by atoms with Gasteiger partial charge in [0, 0.05) is 6.04 Å². The molecule has 1 atom stereocenters. The molecule has 1 N–H and O–H groups in total. The van der Waals surface area contributed by atoms with Gasteiger partial charge in [-0.1, -0.05) is 25.4 Å². The van der Waals surface area contributed by atoms with Gasteiger partial charge in [0.2, 0.25) is 0 Å². The molecule has 1 unspecified atom stereocenters. The molecule has 0 spiro atoms. The van der Waals surface area contributed by atoms with E-state index in [1.165, 1.54) is 6.07 Å². The van der Waals surface area contributed by atoms with E-state index in [0.717, 1.165) is 18.6 Å². The molecule has 0 saturated carbocycles. The van der Waals surface area contributed by atoms with Crippen LogP contribution in [0.15, 0.2) is 18.2 Å². The lowest BCUT2D eigenvalue weighted by atomic mass is 10.0. The third-order valence-electron chi connectivity index (χ3n) is 2.52. The Bertz CT molecular complexity index is 402.